The Hall–Kier alpha value is -1.90. The smallest absolute Gasteiger partial charge is 0.171 e. The summed E-state index contributed by atoms with van der Waals surface area (Å²) in [5, 5.41) is 16.5. The molecule has 3 aromatic rings. The van der Waals surface area contributed by atoms with Crippen molar-refractivity contribution in [1.82, 2.24) is 24.9 Å². The van der Waals surface area contributed by atoms with Gasteiger partial charge in [-0.2, -0.15) is 10.2 Å². The van der Waals surface area contributed by atoms with Crippen molar-refractivity contribution in [3.8, 4) is 0 Å². The molecular weight excluding hydrogens is 448 g/mol. The third-order valence-corrected chi connectivity index (χ3v) is 5.15. The number of nitrogens with one attached hydrogen (secondary N) is 2. The minimum atomic E-state index is 0.560. The van der Waals surface area contributed by atoms with Gasteiger partial charge in [-0.3, -0.25) is 9.36 Å². The van der Waals surface area contributed by atoms with Gasteiger partial charge in [0.25, 0.3) is 0 Å². The van der Waals surface area contributed by atoms with Crippen molar-refractivity contribution in [2.24, 2.45) is 0 Å². The molecule has 0 aliphatic carbocycles. The number of nitrogens with zero attached hydrogens (tertiary/aromatic N) is 4. The zero-order chi connectivity index (χ0) is 19.2. The van der Waals surface area contributed by atoms with Crippen LogP contribution in [0.25, 0.3) is 0 Å². The minimum Gasteiger partial charge on any atom is -0.362 e. The SMILES string of the molecule is Cc1nn(CCCNC(=S)Nc2ccn(Cc3ccc(Cl)cc3)n2)cc1Br. The lowest BCUT2D eigenvalue weighted by molar-refractivity contribution is 0.570. The Kier molecular flexibility index (Phi) is 6.87. The molecule has 1 aromatic carbocycles. The maximum atomic E-state index is 5.91. The number of halogens is 2. The first kappa shape index (κ1) is 19.9. The van der Waals surface area contributed by atoms with Gasteiger partial charge in [-0.15, -0.1) is 0 Å². The lowest BCUT2D eigenvalue weighted by Gasteiger charge is -2.08. The molecule has 2 aromatic heterocycles. The van der Waals surface area contributed by atoms with Crippen LogP contribution in [-0.4, -0.2) is 31.2 Å². The molecule has 0 saturated carbocycles. The van der Waals surface area contributed by atoms with Gasteiger partial charge in [0.2, 0.25) is 0 Å². The second-order valence-corrected chi connectivity index (χ2v) is 7.78. The van der Waals surface area contributed by atoms with Gasteiger partial charge in [0.05, 0.1) is 16.7 Å². The summed E-state index contributed by atoms with van der Waals surface area (Å²) in [6.07, 6.45) is 4.82. The number of hydrogen-bond donors (Lipinski definition) is 2. The Morgan fingerprint density at radius 1 is 1.19 bits per heavy atom. The van der Waals surface area contributed by atoms with Crippen LogP contribution in [0.1, 0.15) is 17.7 Å². The fraction of sp³-hybridized carbons (Fsp3) is 0.278. The van der Waals surface area contributed by atoms with Gasteiger partial charge in [-0.05, 0) is 59.2 Å². The number of thiocarbonyl (C=S) groups is 1. The molecule has 9 heteroatoms. The summed E-state index contributed by atoms with van der Waals surface area (Å²) < 4.78 is 4.81. The van der Waals surface area contributed by atoms with Gasteiger partial charge in [-0.25, -0.2) is 0 Å². The standard InChI is InChI=1S/C18H20BrClN6S/c1-13-16(19)12-25(23-13)9-2-8-21-18(27)22-17-7-10-26(24-17)11-14-3-5-15(20)6-4-14/h3-7,10,12H,2,8-9,11H2,1H3,(H2,21,22,24,27). The molecule has 2 heterocycles. The summed E-state index contributed by atoms with van der Waals surface area (Å²) in [6, 6.07) is 9.63. The molecule has 0 amide bonds. The monoisotopic (exact) mass is 466 g/mol. The molecular formula is C18H20BrClN6S. The number of aromatic nitrogens is 4. The van der Waals surface area contributed by atoms with Gasteiger partial charge in [0.1, 0.15) is 0 Å². The van der Waals surface area contributed by atoms with Gasteiger partial charge >= 0.3 is 0 Å². The highest BCUT2D eigenvalue weighted by Crippen LogP contribution is 2.13. The van der Waals surface area contributed by atoms with Crippen molar-refractivity contribution in [2.45, 2.75) is 26.4 Å². The molecule has 2 N–H and O–H groups in total. The third kappa shape index (κ3) is 6.05. The van der Waals surface area contributed by atoms with E-state index in [2.05, 4.69) is 36.8 Å². The number of benzene rings is 1. The average Bonchev–Trinajstić information content (AvgIpc) is 3.20. The Morgan fingerprint density at radius 3 is 2.67 bits per heavy atom. The molecule has 6 nitrogen and oxygen atoms in total. The van der Waals surface area contributed by atoms with E-state index in [9.17, 15) is 0 Å². The zero-order valence-electron chi connectivity index (χ0n) is 14.8. The summed E-state index contributed by atoms with van der Waals surface area (Å²) in [7, 11) is 0. The van der Waals surface area contributed by atoms with E-state index < -0.39 is 0 Å². The van der Waals surface area contributed by atoms with Crippen molar-refractivity contribution in [2.75, 3.05) is 11.9 Å². The van der Waals surface area contributed by atoms with E-state index in [1.54, 1.807) is 0 Å². The van der Waals surface area contributed by atoms with Crippen molar-refractivity contribution >= 4 is 50.7 Å². The van der Waals surface area contributed by atoms with E-state index in [1.165, 1.54) is 0 Å². The summed E-state index contributed by atoms with van der Waals surface area (Å²) in [5.41, 5.74) is 2.13. The molecule has 0 spiro atoms. The predicted octanol–water partition coefficient (Wildman–Crippen LogP) is 4.23. The fourth-order valence-corrected chi connectivity index (χ4v) is 3.15. The van der Waals surface area contributed by atoms with Crippen LogP contribution < -0.4 is 10.6 Å². The topological polar surface area (TPSA) is 59.7 Å². The lowest BCUT2D eigenvalue weighted by Crippen LogP contribution is -2.30. The van der Waals surface area contributed by atoms with Crippen LogP contribution in [0.4, 0.5) is 5.82 Å². The largest absolute Gasteiger partial charge is 0.362 e. The molecule has 0 fully saturated rings. The average molecular weight is 468 g/mol. The third-order valence-electron chi connectivity index (χ3n) is 3.88. The van der Waals surface area contributed by atoms with E-state index in [4.69, 9.17) is 23.8 Å². The van der Waals surface area contributed by atoms with Crippen LogP contribution in [0.2, 0.25) is 5.02 Å². The van der Waals surface area contributed by atoms with E-state index in [-0.39, 0.29) is 0 Å². The quantitative estimate of drug-likeness (QED) is 0.402. The Morgan fingerprint density at radius 2 is 1.96 bits per heavy atom. The maximum absolute atomic E-state index is 5.91. The van der Waals surface area contributed by atoms with Crippen LogP contribution in [0, 0.1) is 6.92 Å². The van der Waals surface area contributed by atoms with Crippen LogP contribution in [0.5, 0.6) is 0 Å². The van der Waals surface area contributed by atoms with Crippen LogP contribution in [0.15, 0.2) is 47.2 Å². The minimum absolute atomic E-state index is 0.560. The van der Waals surface area contributed by atoms with Crippen molar-refractivity contribution in [3.05, 3.63) is 63.5 Å². The van der Waals surface area contributed by atoms with E-state index in [0.29, 0.717) is 17.5 Å². The highest BCUT2D eigenvalue weighted by atomic mass is 79.9. The summed E-state index contributed by atoms with van der Waals surface area (Å²) in [5.74, 6) is 0.716. The molecule has 0 atom stereocenters. The van der Waals surface area contributed by atoms with Gasteiger partial charge < -0.3 is 10.6 Å². The van der Waals surface area contributed by atoms with Crippen LogP contribution in [-0.2, 0) is 13.1 Å². The molecule has 3 rings (SSSR count). The van der Waals surface area contributed by atoms with E-state index >= 15 is 0 Å². The van der Waals surface area contributed by atoms with Crippen LogP contribution in [0.3, 0.4) is 0 Å². The second-order valence-electron chi connectivity index (χ2n) is 6.08. The molecule has 0 bridgehead atoms. The Balaban J connectivity index is 1.40. The predicted molar refractivity (Wildman–Crippen MR) is 116 cm³/mol. The first-order valence-corrected chi connectivity index (χ1v) is 10.1. The van der Waals surface area contributed by atoms with E-state index in [1.807, 2.05) is 59.0 Å². The second kappa shape index (κ2) is 9.34. The fourth-order valence-electron chi connectivity index (χ4n) is 2.50. The summed E-state index contributed by atoms with van der Waals surface area (Å²) >= 11 is 14.7. The van der Waals surface area contributed by atoms with E-state index in [0.717, 1.165) is 40.3 Å². The van der Waals surface area contributed by atoms with Crippen molar-refractivity contribution in [3.63, 3.8) is 0 Å². The molecule has 0 radical (unpaired) electrons. The zero-order valence-corrected chi connectivity index (χ0v) is 18.0. The Bertz CT molecular complexity index is 885. The highest BCUT2D eigenvalue weighted by Gasteiger charge is 2.04. The van der Waals surface area contributed by atoms with Crippen molar-refractivity contribution in [1.29, 1.82) is 0 Å². The highest BCUT2D eigenvalue weighted by molar-refractivity contribution is 9.10. The summed E-state index contributed by atoms with van der Waals surface area (Å²) in [6.45, 7) is 4.24. The van der Waals surface area contributed by atoms with Crippen molar-refractivity contribution < 1.29 is 0 Å². The lowest BCUT2D eigenvalue weighted by atomic mass is 10.2. The summed E-state index contributed by atoms with van der Waals surface area (Å²) in [4.78, 5) is 0. The molecule has 0 aliphatic rings. The Labute approximate surface area is 177 Å². The normalized spacial score (nSPS) is 10.8. The first-order chi connectivity index (χ1) is 13.0. The molecule has 27 heavy (non-hydrogen) atoms. The molecule has 0 saturated heterocycles. The van der Waals surface area contributed by atoms with Gasteiger partial charge in [-0.1, -0.05) is 23.7 Å². The molecule has 0 unspecified atom stereocenters. The number of rotatable bonds is 7. The number of aryl methyl sites for hydroxylation is 2. The maximum Gasteiger partial charge on any atom is 0.171 e. The first-order valence-electron chi connectivity index (χ1n) is 8.52. The molecule has 142 valence electrons. The van der Waals surface area contributed by atoms with Gasteiger partial charge in [0, 0.05) is 36.6 Å². The molecule has 0 aliphatic heterocycles. The van der Waals surface area contributed by atoms with Gasteiger partial charge in [0.15, 0.2) is 10.9 Å². The number of anilines is 1. The van der Waals surface area contributed by atoms with Crippen LogP contribution >= 0.6 is 39.7 Å². The number of hydrogen-bond acceptors (Lipinski definition) is 3.